The van der Waals surface area contributed by atoms with Crippen LogP contribution in [0.15, 0.2) is 12.1 Å². The van der Waals surface area contributed by atoms with Crippen molar-refractivity contribution in [2.24, 2.45) is 11.7 Å². The van der Waals surface area contributed by atoms with Crippen molar-refractivity contribution in [3.63, 3.8) is 0 Å². The third-order valence-electron chi connectivity index (χ3n) is 3.76. The number of rotatable bonds is 4. The molecular weight excluding hydrogens is 252 g/mol. The lowest BCUT2D eigenvalue weighted by Crippen LogP contribution is -2.32. The summed E-state index contributed by atoms with van der Waals surface area (Å²) < 4.78 is 0. The highest BCUT2D eigenvalue weighted by molar-refractivity contribution is 7.12. The zero-order valence-corrected chi connectivity index (χ0v) is 12.6. The third-order valence-corrected chi connectivity index (χ3v) is 4.74. The van der Waals surface area contributed by atoms with Crippen LogP contribution in [-0.4, -0.2) is 24.5 Å². The van der Waals surface area contributed by atoms with Crippen LogP contribution in [-0.2, 0) is 6.54 Å². The average molecular weight is 276 g/mol. The molecule has 0 radical (unpaired) electrons. The van der Waals surface area contributed by atoms with Crippen LogP contribution in [0.1, 0.15) is 42.4 Å². The van der Waals surface area contributed by atoms with Crippen LogP contribution in [0.4, 0.5) is 0 Å². The largest absolute Gasteiger partial charge is 0.320 e. The van der Waals surface area contributed by atoms with Gasteiger partial charge in [-0.2, -0.15) is 0 Å². The van der Waals surface area contributed by atoms with E-state index in [1.165, 1.54) is 43.6 Å². The minimum Gasteiger partial charge on any atom is -0.320 e. The normalized spacial score (nSPS) is 17.2. The lowest BCUT2D eigenvalue weighted by atomic mass is 9.92. The van der Waals surface area contributed by atoms with Crippen LogP contribution in [0.2, 0.25) is 0 Å². The summed E-state index contributed by atoms with van der Waals surface area (Å²) in [6.07, 6.45) is 5.49. The standard InChI is InChI=1S/C16H24N2S/c1-2-4-14-8-11-18(12-9-14)13-16-7-6-15(19-16)5-3-10-17/h6-7,14H,2,4,8-13,17H2,1H3. The summed E-state index contributed by atoms with van der Waals surface area (Å²) in [4.78, 5) is 5.15. The fourth-order valence-electron chi connectivity index (χ4n) is 2.73. The molecule has 19 heavy (non-hydrogen) atoms. The highest BCUT2D eigenvalue weighted by Gasteiger charge is 2.18. The van der Waals surface area contributed by atoms with Gasteiger partial charge in [0, 0.05) is 11.4 Å². The van der Waals surface area contributed by atoms with Crippen LogP contribution < -0.4 is 5.73 Å². The SMILES string of the molecule is CCCC1CCN(Cc2ccc(C#CCN)s2)CC1. The van der Waals surface area contributed by atoms with Crippen molar-refractivity contribution < 1.29 is 0 Å². The molecular formula is C16H24N2S. The topological polar surface area (TPSA) is 29.3 Å². The molecule has 0 amide bonds. The average Bonchev–Trinajstić information content (AvgIpc) is 2.87. The van der Waals surface area contributed by atoms with Gasteiger partial charge in [-0.15, -0.1) is 11.3 Å². The highest BCUT2D eigenvalue weighted by Crippen LogP contribution is 2.24. The highest BCUT2D eigenvalue weighted by atomic mass is 32.1. The summed E-state index contributed by atoms with van der Waals surface area (Å²) in [5, 5.41) is 0. The van der Waals surface area contributed by atoms with Crippen molar-refractivity contribution in [3.05, 3.63) is 21.9 Å². The van der Waals surface area contributed by atoms with Gasteiger partial charge in [0.15, 0.2) is 0 Å². The van der Waals surface area contributed by atoms with Gasteiger partial charge in [-0.05, 0) is 44.0 Å². The van der Waals surface area contributed by atoms with E-state index in [4.69, 9.17) is 5.73 Å². The number of nitrogens with two attached hydrogens (primary N) is 1. The smallest absolute Gasteiger partial charge is 0.0772 e. The van der Waals surface area contributed by atoms with E-state index in [2.05, 4.69) is 35.8 Å². The van der Waals surface area contributed by atoms with Gasteiger partial charge in [-0.3, -0.25) is 4.90 Å². The molecule has 3 heteroatoms. The van der Waals surface area contributed by atoms with E-state index in [1.807, 2.05) is 0 Å². The van der Waals surface area contributed by atoms with Crippen LogP contribution in [0.25, 0.3) is 0 Å². The van der Waals surface area contributed by atoms with Gasteiger partial charge in [0.25, 0.3) is 0 Å². The monoisotopic (exact) mass is 276 g/mol. The van der Waals surface area contributed by atoms with Gasteiger partial charge in [0.1, 0.15) is 0 Å². The molecule has 2 N–H and O–H groups in total. The molecule has 1 fully saturated rings. The number of hydrogen-bond donors (Lipinski definition) is 1. The molecule has 0 unspecified atom stereocenters. The Bertz CT molecular complexity index is 433. The molecule has 2 rings (SSSR count). The molecule has 1 aromatic heterocycles. The molecule has 1 saturated heterocycles. The fourth-order valence-corrected chi connectivity index (χ4v) is 3.66. The first-order chi connectivity index (χ1) is 9.31. The lowest BCUT2D eigenvalue weighted by Gasteiger charge is -2.31. The molecule has 1 aliphatic rings. The predicted octanol–water partition coefficient (Wildman–Crippen LogP) is 3.07. The number of nitrogens with zero attached hydrogens (tertiary/aromatic N) is 1. The lowest BCUT2D eigenvalue weighted by molar-refractivity contribution is 0.173. The third kappa shape index (κ3) is 4.65. The predicted molar refractivity (Wildman–Crippen MR) is 83.2 cm³/mol. The summed E-state index contributed by atoms with van der Waals surface area (Å²) in [7, 11) is 0. The molecule has 1 aromatic rings. The molecule has 1 aliphatic heterocycles. The van der Waals surface area contributed by atoms with Gasteiger partial charge in [-0.25, -0.2) is 0 Å². The van der Waals surface area contributed by atoms with E-state index in [0.717, 1.165) is 17.3 Å². The van der Waals surface area contributed by atoms with Crippen molar-refractivity contribution >= 4 is 11.3 Å². The second-order valence-electron chi connectivity index (χ2n) is 5.28. The molecule has 0 bridgehead atoms. The number of thiophene rings is 1. The Morgan fingerprint density at radius 1 is 1.37 bits per heavy atom. The Labute approximate surface area is 121 Å². The van der Waals surface area contributed by atoms with Crippen LogP contribution in [0.3, 0.4) is 0 Å². The van der Waals surface area contributed by atoms with Gasteiger partial charge in [0.05, 0.1) is 11.4 Å². The first kappa shape index (κ1) is 14.6. The number of piperidine rings is 1. The minimum atomic E-state index is 0.443. The van der Waals surface area contributed by atoms with Crippen molar-refractivity contribution in [2.45, 2.75) is 39.2 Å². The molecule has 2 heterocycles. The second kappa shape index (κ2) is 7.69. The summed E-state index contributed by atoms with van der Waals surface area (Å²) in [5.74, 6) is 6.99. The van der Waals surface area contributed by atoms with E-state index in [-0.39, 0.29) is 0 Å². The maximum atomic E-state index is 5.39. The minimum absolute atomic E-state index is 0.443. The van der Waals surface area contributed by atoms with Crippen molar-refractivity contribution in [3.8, 4) is 11.8 Å². The van der Waals surface area contributed by atoms with Crippen LogP contribution >= 0.6 is 11.3 Å². The molecule has 104 valence electrons. The zero-order chi connectivity index (χ0) is 13.5. The number of hydrogen-bond acceptors (Lipinski definition) is 3. The Kier molecular flexibility index (Phi) is 5.91. The van der Waals surface area contributed by atoms with Gasteiger partial charge in [-0.1, -0.05) is 31.6 Å². The Morgan fingerprint density at radius 2 is 2.16 bits per heavy atom. The van der Waals surface area contributed by atoms with Crippen molar-refractivity contribution in [1.29, 1.82) is 0 Å². The summed E-state index contributed by atoms with van der Waals surface area (Å²) in [5.41, 5.74) is 5.39. The number of likely N-dealkylation sites (tertiary alicyclic amines) is 1. The van der Waals surface area contributed by atoms with Gasteiger partial charge in [0.2, 0.25) is 0 Å². The molecule has 0 saturated carbocycles. The Hall–Kier alpha value is -0.820. The molecule has 0 spiro atoms. The molecule has 2 nitrogen and oxygen atoms in total. The summed E-state index contributed by atoms with van der Waals surface area (Å²) in [6.45, 7) is 6.34. The van der Waals surface area contributed by atoms with E-state index in [9.17, 15) is 0 Å². The quantitative estimate of drug-likeness (QED) is 0.856. The first-order valence-corrected chi connectivity index (χ1v) is 8.13. The maximum Gasteiger partial charge on any atom is 0.0772 e. The van der Waals surface area contributed by atoms with E-state index in [0.29, 0.717) is 6.54 Å². The van der Waals surface area contributed by atoms with Crippen LogP contribution in [0, 0.1) is 17.8 Å². The van der Waals surface area contributed by atoms with E-state index in [1.54, 1.807) is 11.3 Å². The van der Waals surface area contributed by atoms with Gasteiger partial charge >= 0.3 is 0 Å². The molecule has 0 atom stereocenters. The van der Waals surface area contributed by atoms with Gasteiger partial charge < -0.3 is 5.73 Å². The first-order valence-electron chi connectivity index (χ1n) is 7.31. The van der Waals surface area contributed by atoms with E-state index >= 15 is 0 Å². The maximum absolute atomic E-state index is 5.39. The summed E-state index contributed by atoms with van der Waals surface area (Å²) in [6, 6.07) is 4.33. The van der Waals surface area contributed by atoms with Crippen LogP contribution in [0.5, 0.6) is 0 Å². The van der Waals surface area contributed by atoms with Crippen molar-refractivity contribution in [2.75, 3.05) is 19.6 Å². The second-order valence-corrected chi connectivity index (χ2v) is 6.45. The summed E-state index contributed by atoms with van der Waals surface area (Å²) >= 11 is 1.81. The molecule has 0 aromatic carbocycles. The van der Waals surface area contributed by atoms with E-state index < -0.39 is 0 Å². The van der Waals surface area contributed by atoms with Crippen molar-refractivity contribution in [1.82, 2.24) is 4.90 Å². The Balaban J connectivity index is 1.80. The fraction of sp³-hybridized carbons (Fsp3) is 0.625. The Morgan fingerprint density at radius 3 is 2.84 bits per heavy atom. The zero-order valence-electron chi connectivity index (χ0n) is 11.8. The molecule has 0 aliphatic carbocycles.